The number of nitrogens with one attached hydrogen (secondary N) is 1. The molecule has 13 unspecified atom stereocenters. The Bertz CT molecular complexity index is 2070. The Hall–Kier alpha value is -4.97. The summed E-state index contributed by atoms with van der Waals surface area (Å²) in [6.45, 7) is 9.91. The van der Waals surface area contributed by atoms with Gasteiger partial charge in [-0.15, -0.1) is 0 Å². The molecular weight excluding hydrogens is 939 g/mol. The van der Waals surface area contributed by atoms with Gasteiger partial charge in [-0.3, -0.25) is 14.4 Å². The minimum absolute atomic E-state index is 0.0330. The third-order valence-corrected chi connectivity index (χ3v) is 14.1. The van der Waals surface area contributed by atoms with Gasteiger partial charge in [-0.25, -0.2) is 9.59 Å². The summed E-state index contributed by atoms with van der Waals surface area (Å²) in [4.78, 5) is 64.1. The molecule has 0 aromatic rings. The highest BCUT2D eigenvalue weighted by Gasteiger charge is 2.33. The first-order valence-corrected chi connectivity index (χ1v) is 25.8. The van der Waals surface area contributed by atoms with Crippen LogP contribution in [0.3, 0.4) is 0 Å². The first-order valence-electron chi connectivity index (χ1n) is 25.8. The second-order valence-electron chi connectivity index (χ2n) is 20.2. The van der Waals surface area contributed by atoms with E-state index >= 15 is 0 Å². The second-order valence-corrected chi connectivity index (χ2v) is 20.2. The zero-order chi connectivity index (χ0) is 53.5. The Morgan fingerprint density at radius 2 is 1.42 bits per heavy atom. The van der Waals surface area contributed by atoms with E-state index in [2.05, 4.69) is 12.2 Å². The van der Waals surface area contributed by atoms with E-state index in [-0.39, 0.29) is 79.7 Å². The van der Waals surface area contributed by atoms with Crippen LogP contribution in [0, 0.1) is 23.7 Å². The Morgan fingerprint density at radius 3 is 2.15 bits per heavy atom. The fourth-order valence-corrected chi connectivity index (χ4v) is 9.89. The number of fused-ring (bicyclic) bond motifs is 6. The Labute approximate surface area is 432 Å². The van der Waals surface area contributed by atoms with Crippen molar-refractivity contribution < 1.29 is 72.1 Å². The number of cyclic esters (lactones) is 1. The topological polar surface area (TPSA) is 212 Å². The Balaban J connectivity index is 1.48. The lowest BCUT2D eigenvalue weighted by atomic mass is 9.86. The third-order valence-electron chi connectivity index (χ3n) is 14.1. The summed E-state index contributed by atoms with van der Waals surface area (Å²) in [7, 11) is 6.28. The molecule has 1 saturated heterocycles. The van der Waals surface area contributed by atoms with Crippen molar-refractivity contribution in [2.75, 3.05) is 35.0 Å². The molecular formula is C57H83NO15. The van der Waals surface area contributed by atoms with Crippen molar-refractivity contribution in [3.8, 4) is 0 Å². The molecule has 16 nitrogen and oxygen atoms in total. The van der Waals surface area contributed by atoms with Gasteiger partial charge < -0.3 is 53.4 Å². The van der Waals surface area contributed by atoms with E-state index in [1.54, 1.807) is 44.7 Å². The van der Waals surface area contributed by atoms with Crippen LogP contribution in [0.15, 0.2) is 95.3 Å². The molecule has 4 rings (SSSR count). The van der Waals surface area contributed by atoms with E-state index in [1.807, 2.05) is 58.1 Å². The third kappa shape index (κ3) is 21.8. The first-order chi connectivity index (χ1) is 34.9. The number of rotatable bonds is 5. The fraction of sp³-hybridized carbons (Fsp3) is 0.632. The highest BCUT2D eigenvalue weighted by Crippen LogP contribution is 2.32. The maximum Gasteiger partial charge on any atom is 0.331 e. The molecule has 4 aliphatic heterocycles. The number of allylic oxidation sites excluding steroid dienone is 6. The molecule has 3 N–H and O–H groups in total. The van der Waals surface area contributed by atoms with Gasteiger partial charge in [0, 0.05) is 104 Å². The highest BCUT2D eigenvalue weighted by atomic mass is 16.6. The predicted molar refractivity (Wildman–Crippen MR) is 275 cm³/mol. The number of carbonyl (C=O) groups is 5. The average molecular weight is 1020 g/mol. The van der Waals surface area contributed by atoms with Gasteiger partial charge >= 0.3 is 23.9 Å². The van der Waals surface area contributed by atoms with Crippen molar-refractivity contribution in [1.82, 2.24) is 5.32 Å². The molecule has 1 amide bonds. The van der Waals surface area contributed by atoms with Crippen molar-refractivity contribution in [2.24, 2.45) is 23.7 Å². The molecule has 1 fully saturated rings. The van der Waals surface area contributed by atoms with Crippen LogP contribution < -0.4 is 5.32 Å². The number of esters is 4. The summed E-state index contributed by atoms with van der Waals surface area (Å²) in [5.74, 6) is -2.33. The van der Waals surface area contributed by atoms with Gasteiger partial charge in [0.1, 0.15) is 24.4 Å². The van der Waals surface area contributed by atoms with Gasteiger partial charge in [0.2, 0.25) is 5.91 Å². The van der Waals surface area contributed by atoms with E-state index in [1.165, 1.54) is 26.4 Å². The van der Waals surface area contributed by atoms with E-state index in [0.29, 0.717) is 69.8 Å². The SMILES string of the molecule is COCC1C/C(C)=C\C2OC(=O)C=C(C/C=C/C(O)CC(O)C(C)C(OC)CCC(C)C(OC)CC3CC(=CC(=O)O3)CC(=O)N/C=C\C=C\CC3CC(=O)OC(C/C(C)=C\C=C\C(OC)CC(=O)O1)C3)C2C. The minimum Gasteiger partial charge on any atom is -0.462 e. The largest absolute Gasteiger partial charge is 0.462 e. The lowest BCUT2D eigenvalue weighted by Gasteiger charge is -2.31. The van der Waals surface area contributed by atoms with Crippen molar-refractivity contribution in [1.29, 1.82) is 0 Å². The maximum atomic E-state index is 13.2. The molecule has 73 heavy (non-hydrogen) atoms. The van der Waals surface area contributed by atoms with Crippen molar-refractivity contribution in [3.05, 3.63) is 95.3 Å². The van der Waals surface area contributed by atoms with Crippen LogP contribution in [-0.2, 0) is 61.9 Å². The smallest absolute Gasteiger partial charge is 0.331 e. The van der Waals surface area contributed by atoms with E-state index in [9.17, 15) is 34.2 Å². The summed E-state index contributed by atoms with van der Waals surface area (Å²) < 4.78 is 45.6. The molecule has 0 saturated carbocycles. The zero-order valence-corrected chi connectivity index (χ0v) is 44.5. The van der Waals surface area contributed by atoms with E-state index < -0.39 is 54.5 Å². The summed E-state index contributed by atoms with van der Waals surface area (Å²) >= 11 is 0. The number of hydrogen-bond acceptors (Lipinski definition) is 15. The molecule has 13 atom stereocenters. The fourth-order valence-electron chi connectivity index (χ4n) is 9.89. The van der Waals surface area contributed by atoms with E-state index in [0.717, 1.165) is 16.7 Å². The Kier molecular flexibility index (Phi) is 26.3. The van der Waals surface area contributed by atoms with Crippen LogP contribution in [0.25, 0.3) is 0 Å². The molecule has 4 aliphatic rings. The standard InChI is InChI=1S/C57H83NO15/c1-36-15-13-19-45(67-7)34-57(65)72-48(35-66-6)24-37(2)25-52-39(4)43(31-56(64)73-52)17-14-18-44(59)32-49(60)40(5)50(68-8)21-20-38(3)51(69-9)33-47-27-42(30-55(63)71-47)28-53(61)58-22-12-10-11-16-41-26-46(23-36)70-54(62)29-41/h10-15,18-19,22,25,30-31,38-41,44-52,59-60H,16-17,20-21,23-24,26-29,32-35H2,1-9H3,(H,58,61)/b11-10+,18-14+,19-13+,22-12-,36-15-,37-25-. The Morgan fingerprint density at radius 1 is 0.699 bits per heavy atom. The quantitative estimate of drug-likeness (QED) is 0.137. The van der Waals surface area contributed by atoms with Crippen LogP contribution in [0.5, 0.6) is 0 Å². The van der Waals surface area contributed by atoms with Crippen LogP contribution in [-0.4, -0.2) is 130 Å². The highest BCUT2D eigenvalue weighted by molar-refractivity contribution is 5.87. The van der Waals surface area contributed by atoms with Gasteiger partial charge in [0.15, 0.2) is 0 Å². The van der Waals surface area contributed by atoms with Crippen molar-refractivity contribution in [3.63, 3.8) is 0 Å². The van der Waals surface area contributed by atoms with Gasteiger partial charge in [-0.2, -0.15) is 0 Å². The minimum atomic E-state index is -0.951. The molecule has 6 bridgehead atoms. The molecule has 0 aromatic heterocycles. The number of aliphatic hydroxyl groups excluding tert-OH is 2. The number of aliphatic hydroxyl groups is 2. The van der Waals surface area contributed by atoms with Gasteiger partial charge in [-0.05, 0) is 69.9 Å². The molecule has 4 heterocycles. The molecule has 406 valence electrons. The number of amides is 1. The molecule has 0 aliphatic carbocycles. The monoisotopic (exact) mass is 1020 g/mol. The maximum absolute atomic E-state index is 13.2. The number of methoxy groups -OCH3 is 4. The van der Waals surface area contributed by atoms with Crippen LogP contribution in [0.1, 0.15) is 118 Å². The molecule has 0 aromatic carbocycles. The summed E-state index contributed by atoms with van der Waals surface area (Å²) in [5.41, 5.74) is 3.32. The van der Waals surface area contributed by atoms with Crippen molar-refractivity contribution >= 4 is 29.8 Å². The van der Waals surface area contributed by atoms with Gasteiger partial charge in [0.25, 0.3) is 0 Å². The zero-order valence-electron chi connectivity index (χ0n) is 44.5. The number of carbonyl (C=O) groups excluding carboxylic acids is 5. The lowest BCUT2D eigenvalue weighted by molar-refractivity contribution is -0.156. The number of ether oxygens (including phenoxy) is 8. The first kappa shape index (κ1) is 60.6. The number of hydrogen-bond donors (Lipinski definition) is 3. The van der Waals surface area contributed by atoms with Gasteiger partial charge in [-0.1, -0.05) is 85.6 Å². The summed E-state index contributed by atoms with van der Waals surface area (Å²) in [6, 6.07) is 0. The average Bonchev–Trinajstić information content (AvgIpc) is 3.32. The lowest BCUT2D eigenvalue weighted by Crippen LogP contribution is -2.35. The molecule has 0 spiro atoms. The van der Waals surface area contributed by atoms with Crippen LogP contribution >= 0.6 is 0 Å². The van der Waals surface area contributed by atoms with Crippen LogP contribution in [0.2, 0.25) is 0 Å². The van der Waals surface area contributed by atoms with Crippen molar-refractivity contribution in [2.45, 2.75) is 173 Å². The normalized spacial score (nSPS) is 36.3. The summed E-state index contributed by atoms with van der Waals surface area (Å²) in [5, 5.41) is 25.0. The second kappa shape index (κ2) is 31.7. The summed E-state index contributed by atoms with van der Waals surface area (Å²) in [6.07, 6.45) is 21.0. The van der Waals surface area contributed by atoms with E-state index in [4.69, 9.17) is 37.9 Å². The van der Waals surface area contributed by atoms with Crippen LogP contribution in [0.4, 0.5) is 0 Å². The van der Waals surface area contributed by atoms with Gasteiger partial charge in [0.05, 0.1) is 43.5 Å². The predicted octanol–water partition coefficient (Wildman–Crippen LogP) is 7.74. The molecule has 0 radical (unpaired) electrons. The molecule has 16 heteroatoms.